The van der Waals surface area contributed by atoms with Crippen molar-refractivity contribution in [1.82, 2.24) is 4.90 Å². The van der Waals surface area contributed by atoms with E-state index in [1.165, 1.54) is 41.6 Å². The highest BCUT2D eigenvalue weighted by Gasteiger charge is 2.14. The van der Waals surface area contributed by atoms with Crippen molar-refractivity contribution < 1.29 is 0 Å². The molecule has 0 spiro atoms. The van der Waals surface area contributed by atoms with Gasteiger partial charge in [0.1, 0.15) is 0 Å². The van der Waals surface area contributed by atoms with Gasteiger partial charge in [-0.05, 0) is 80.2 Å². The lowest BCUT2D eigenvalue weighted by Crippen LogP contribution is -2.22. The zero-order valence-corrected chi connectivity index (χ0v) is 11.9. The Hall–Kier alpha value is -0.290. The van der Waals surface area contributed by atoms with Crippen molar-refractivity contribution in [3.05, 3.63) is 27.8 Å². The van der Waals surface area contributed by atoms with E-state index < -0.39 is 0 Å². The highest BCUT2D eigenvalue weighted by atomic mass is 127. The summed E-state index contributed by atoms with van der Waals surface area (Å²) in [6.45, 7) is 2.45. The SMILES string of the molecule is CN1CCCC(Nc2cccc(I)c2)CC1. The van der Waals surface area contributed by atoms with E-state index in [9.17, 15) is 0 Å². The van der Waals surface area contributed by atoms with Crippen LogP contribution in [-0.2, 0) is 0 Å². The predicted octanol–water partition coefficient (Wildman–Crippen LogP) is 3.19. The first-order valence-electron chi connectivity index (χ1n) is 5.95. The Morgan fingerprint density at radius 3 is 3.00 bits per heavy atom. The number of anilines is 1. The van der Waals surface area contributed by atoms with Gasteiger partial charge in [-0.25, -0.2) is 0 Å². The number of halogens is 1. The van der Waals surface area contributed by atoms with E-state index in [4.69, 9.17) is 0 Å². The lowest BCUT2D eigenvalue weighted by molar-refractivity contribution is 0.348. The van der Waals surface area contributed by atoms with Crippen molar-refractivity contribution in [1.29, 1.82) is 0 Å². The van der Waals surface area contributed by atoms with Crippen molar-refractivity contribution in [3.63, 3.8) is 0 Å². The highest BCUT2D eigenvalue weighted by molar-refractivity contribution is 14.1. The number of hydrogen-bond acceptors (Lipinski definition) is 2. The number of benzene rings is 1. The Morgan fingerprint density at radius 2 is 2.19 bits per heavy atom. The molecule has 1 aromatic carbocycles. The molecule has 88 valence electrons. The molecule has 16 heavy (non-hydrogen) atoms. The average Bonchev–Trinajstić information content (AvgIpc) is 2.44. The van der Waals surface area contributed by atoms with Crippen LogP contribution in [-0.4, -0.2) is 31.1 Å². The van der Waals surface area contributed by atoms with E-state index in [2.05, 4.69) is 64.1 Å². The maximum Gasteiger partial charge on any atom is 0.0352 e. The molecule has 0 bridgehead atoms. The monoisotopic (exact) mass is 330 g/mol. The average molecular weight is 330 g/mol. The summed E-state index contributed by atoms with van der Waals surface area (Å²) in [5.74, 6) is 0. The van der Waals surface area contributed by atoms with Gasteiger partial charge >= 0.3 is 0 Å². The summed E-state index contributed by atoms with van der Waals surface area (Å²) < 4.78 is 1.30. The number of hydrogen-bond donors (Lipinski definition) is 1. The van der Waals surface area contributed by atoms with E-state index in [0.29, 0.717) is 6.04 Å². The van der Waals surface area contributed by atoms with Crippen LogP contribution in [0, 0.1) is 3.57 Å². The fraction of sp³-hybridized carbons (Fsp3) is 0.538. The van der Waals surface area contributed by atoms with Crippen molar-refractivity contribution >= 4 is 28.3 Å². The third-order valence-electron chi connectivity index (χ3n) is 3.15. The minimum absolute atomic E-state index is 0.642. The molecule has 1 fully saturated rings. The molecule has 0 aliphatic carbocycles. The largest absolute Gasteiger partial charge is 0.382 e. The van der Waals surface area contributed by atoms with Gasteiger partial charge in [0.2, 0.25) is 0 Å². The molecule has 1 unspecified atom stereocenters. The van der Waals surface area contributed by atoms with Crippen LogP contribution >= 0.6 is 22.6 Å². The second-order valence-electron chi connectivity index (χ2n) is 4.59. The molecule has 3 heteroatoms. The molecule has 1 atom stereocenters. The Labute approximate surface area is 112 Å². The second kappa shape index (κ2) is 5.87. The van der Waals surface area contributed by atoms with E-state index in [0.717, 1.165) is 0 Å². The summed E-state index contributed by atoms with van der Waals surface area (Å²) in [4.78, 5) is 2.43. The molecule has 1 aliphatic rings. The molecular formula is C13H19IN2. The van der Waals surface area contributed by atoms with Crippen LogP contribution in [0.1, 0.15) is 19.3 Å². The lowest BCUT2D eigenvalue weighted by Gasteiger charge is -2.18. The zero-order chi connectivity index (χ0) is 11.4. The molecule has 1 N–H and O–H groups in total. The number of nitrogens with zero attached hydrogens (tertiary/aromatic N) is 1. The fourth-order valence-corrected chi connectivity index (χ4v) is 2.74. The van der Waals surface area contributed by atoms with E-state index in [1.54, 1.807) is 0 Å². The quantitative estimate of drug-likeness (QED) is 0.838. The Bertz CT molecular complexity index is 340. The molecule has 0 saturated carbocycles. The molecule has 1 aliphatic heterocycles. The van der Waals surface area contributed by atoms with Gasteiger partial charge in [-0.1, -0.05) is 6.07 Å². The van der Waals surface area contributed by atoms with Gasteiger partial charge in [-0.2, -0.15) is 0 Å². The molecule has 1 heterocycles. The topological polar surface area (TPSA) is 15.3 Å². The van der Waals surface area contributed by atoms with Gasteiger partial charge in [0, 0.05) is 15.3 Å². The molecule has 2 rings (SSSR count). The minimum atomic E-state index is 0.642. The molecule has 1 aromatic rings. The minimum Gasteiger partial charge on any atom is -0.382 e. The summed E-state index contributed by atoms with van der Waals surface area (Å²) in [5, 5.41) is 3.65. The van der Waals surface area contributed by atoms with Gasteiger partial charge in [0.25, 0.3) is 0 Å². The zero-order valence-electron chi connectivity index (χ0n) is 9.75. The summed E-state index contributed by atoms with van der Waals surface area (Å²) in [6, 6.07) is 9.27. The number of rotatable bonds is 2. The second-order valence-corrected chi connectivity index (χ2v) is 5.83. The van der Waals surface area contributed by atoms with E-state index >= 15 is 0 Å². The third-order valence-corrected chi connectivity index (χ3v) is 3.82. The third kappa shape index (κ3) is 3.63. The van der Waals surface area contributed by atoms with Crippen LogP contribution < -0.4 is 5.32 Å². The van der Waals surface area contributed by atoms with Gasteiger partial charge < -0.3 is 10.2 Å². The van der Waals surface area contributed by atoms with Crippen molar-refractivity contribution in [2.24, 2.45) is 0 Å². The smallest absolute Gasteiger partial charge is 0.0352 e. The fourth-order valence-electron chi connectivity index (χ4n) is 2.20. The van der Waals surface area contributed by atoms with Crippen LogP contribution in [0.2, 0.25) is 0 Å². The normalized spacial score (nSPS) is 22.8. The predicted molar refractivity (Wildman–Crippen MR) is 77.9 cm³/mol. The van der Waals surface area contributed by atoms with Crippen LogP contribution in [0.3, 0.4) is 0 Å². The number of nitrogens with one attached hydrogen (secondary N) is 1. The molecule has 2 nitrogen and oxygen atoms in total. The van der Waals surface area contributed by atoms with Crippen molar-refractivity contribution in [3.8, 4) is 0 Å². The van der Waals surface area contributed by atoms with Crippen LogP contribution in [0.4, 0.5) is 5.69 Å². The van der Waals surface area contributed by atoms with Crippen LogP contribution in [0.5, 0.6) is 0 Å². The Balaban J connectivity index is 1.93. The summed E-state index contributed by atoms with van der Waals surface area (Å²) >= 11 is 2.36. The standard InChI is InChI=1S/C13H19IN2/c1-16-8-3-6-12(7-9-16)15-13-5-2-4-11(14)10-13/h2,4-5,10,12,15H,3,6-9H2,1H3. The van der Waals surface area contributed by atoms with Gasteiger partial charge in [-0.3, -0.25) is 0 Å². The maximum absolute atomic E-state index is 3.65. The van der Waals surface area contributed by atoms with E-state index in [1.807, 2.05) is 0 Å². The Kier molecular flexibility index (Phi) is 4.46. The highest BCUT2D eigenvalue weighted by Crippen LogP contribution is 2.18. The molecule has 0 aromatic heterocycles. The van der Waals surface area contributed by atoms with Gasteiger partial charge in [0.05, 0.1) is 0 Å². The molecule has 0 radical (unpaired) electrons. The first-order chi connectivity index (χ1) is 7.74. The first-order valence-corrected chi connectivity index (χ1v) is 7.02. The maximum atomic E-state index is 3.65. The Morgan fingerprint density at radius 1 is 1.31 bits per heavy atom. The lowest BCUT2D eigenvalue weighted by atomic mass is 10.1. The molecular weight excluding hydrogens is 311 g/mol. The summed E-state index contributed by atoms with van der Waals surface area (Å²) in [6.07, 6.45) is 3.84. The van der Waals surface area contributed by atoms with Crippen LogP contribution in [0.25, 0.3) is 0 Å². The molecule has 1 saturated heterocycles. The van der Waals surface area contributed by atoms with Crippen LogP contribution in [0.15, 0.2) is 24.3 Å². The molecule has 0 amide bonds. The first kappa shape index (κ1) is 12.2. The van der Waals surface area contributed by atoms with E-state index in [-0.39, 0.29) is 0 Å². The summed E-state index contributed by atoms with van der Waals surface area (Å²) in [5.41, 5.74) is 1.27. The number of likely N-dealkylation sites (tertiary alicyclic amines) is 1. The van der Waals surface area contributed by atoms with Gasteiger partial charge in [0.15, 0.2) is 0 Å². The van der Waals surface area contributed by atoms with Crippen molar-refractivity contribution in [2.75, 3.05) is 25.5 Å². The summed E-state index contributed by atoms with van der Waals surface area (Å²) in [7, 11) is 2.22. The van der Waals surface area contributed by atoms with Crippen molar-refractivity contribution in [2.45, 2.75) is 25.3 Å². The van der Waals surface area contributed by atoms with Gasteiger partial charge in [-0.15, -0.1) is 0 Å².